The summed E-state index contributed by atoms with van der Waals surface area (Å²) in [6.07, 6.45) is -2.84. The number of nitrogens with zero attached hydrogens (tertiary/aromatic N) is 4. The van der Waals surface area contributed by atoms with Gasteiger partial charge in [0.05, 0.1) is 23.2 Å². The van der Waals surface area contributed by atoms with Crippen molar-refractivity contribution < 1.29 is 13.2 Å². The van der Waals surface area contributed by atoms with E-state index in [9.17, 15) is 13.2 Å². The van der Waals surface area contributed by atoms with Crippen LogP contribution in [0.2, 0.25) is 5.02 Å². The number of alkyl halides is 3. The summed E-state index contributed by atoms with van der Waals surface area (Å²) in [6.45, 7) is 3.02. The molecule has 1 fully saturated rings. The van der Waals surface area contributed by atoms with Crippen LogP contribution >= 0.6 is 11.6 Å². The minimum Gasteiger partial charge on any atom is -0.354 e. The summed E-state index contributed by atoms with van der Waals surface area (Å²) in [6, 6.07) is 3.00. The van der Waals surface area contributed by atoms with Crippen molar-refractivity contribution in [1.29, 1.82) is 5.26 Å². The van der Waals surface area contributed by atoms with Crippen LogP contribution in [0.15, 0.2) is 12.3 Å². The number of hydrogen-bond acceptors (Lipinski definition) is 4. The maximum absolute atomic E-state index is 12.6. The molecule has 8 heteroatoms. The normalized spacial score (nSPS) is 17.4. The van der Waals surface area contributed by atoms with Gasteiger partial charge in [0.2, 0.25) is 0 Å². The third-order valence-electron chi connectivity index (χ3n) is 3.33. The van der Waals surface area contributed by atoms with Crippen LogP contribution < -0.4 is 4.90 Å². The fraction of sp³-hybridized carbons (Fsp3) is 0.538. The Morgan fingerprint density at radius 1 is 1.29 bits per heavy atom. The Labute approximate surface area is 125 Å². The Bertz CT molecular complexity index is 541. The third kappa shape index (κ3) is 3.99. The van der Waals surface area contributed by atoms with Crippen LogP contribution in [0.5, 0.6) is 0 Å². The van der Waals surface area contributed by atoms with Crippen LogP contribution in [-0.4, -0.2) is 42.6 Å². The topological polar surface area (TPSA) is 43.2 Å². The van der Waals surface area contributed by atoms with Gasteiger partial charge in [0.15, 0.2) is 0 Å². The highest BCUT2D eigenvalue weighted by atomic mass is 35.5. The molecule has 2 heterocycles. The van der Waals surface area contributed by atoms with Gasteiger partial charge in [-0.15, -0.1) is 0 Å². The minimum atomic E-state index is -4.45. The first kappa shape index (κ1) is 15.9. The smallest absolute Gasteiger partial charge is 0.354 e. The fourth-order valence-corrected chi connectivity index (χ4v) is 2.55. The van der Waals surface area contributed by atoms with Crippen LogP contribution in [0.25, 0.3) is 0 Å². The highest BCUT2D eigenvalue weighted by Gasteiger charge is 2.32. The molecule has 2 rings (SSSR count). The Morgan fingerprint density at radius 2 is 2.05 bits per heavy atom. The highest BCUT2D eigenvalue weighted by molar-refractivity contribution is 6.33. The molecule has 1 aromatic rings. The van der Waals surface area contributed by atoms with Gasteiger partial charge in [-0.05, 0) is 12.5 Å². The van der Waals surface area contributed by atoms with E-state index in [1.807, 2.05) is 9.80 Å². The molecule has 1 aromatic heterocycles. The predicted molar refractivity (Wildman–Crippen MR) is 73.1 cm³/mol. The lowest BCUT2D eigenvalue weighted by molar-refractivity contribution is -0.137. The summed E-state index contributed by atoms with van der Waals surface area (Å²) >= 11 is 5.95. The molecule has 0 aliphatic carbocycles. The molecule has 0 unspecified atom stereocenters. The van der Waals surface area contributed by atoms with Crippen molar-refractivity contribution in [2.45, 2.75) is 12.6 Å². The van der Waals surface area contributed by atoms with Crippen LogP contribution in [-0.2, 0) is 6.18 Å². The number of nitriles is 1. The lowest BCUT2D eigenvalue weighted by Crippen LogP contribution is -2.31. The monoisotopic (exact) mass is 318 g/mol. The van der Waals surface area contributed by atoms with Gasteiger partial charge in [-0.1, -0.05) is 11.6 Å². The van der Waals surface area contributed by atoms with Gasteiger partial charge in [0.1, 0.15) is 5.82 Å². The van der Waals surface area contributed by atoms with Crippen molar-refractivity contribution in [3.63, 3.8) is 0 Å². The molecule has 0 atom stereocenters. The zero-order chi connectivity index (χ0) is 15.5. The molecular formula is C13H14ClF3N4. The second-order valence-electron chi connectivity index (χ2n) is 4.80. The molecule has 1 aliphatic rings. The Hall–Kier alpha value is -1.52. The summed E-state index contributed by atoms with van der Waals surface area (Å²) < 4.78 is 37.8. The molecule has 0 aromatic carbocycles. The Balaban J connectivity index is 2.13. The first-order valence-electron chi connectivity index (χ1n) is 6.49. The Morgan fingerprint density at radius 3 is 2.67 bits per heavy atom. The van der Waals surface area contributed by atoms with Crippen molar-refractivity contribution in [2.24, 2.45) is 0 Å². The van der Waals surface area contributed by atoms with Crippen molar-refractivity contribution in [3.8, 4) is 6.07 Å². The number of anilines is 1. The standard InChI is InChI=1S/C13H14ClF3N4/c14-11-8-10(13(15,16)17)9-19-12(11)21-4-1-3-20(5-2-18)6-7-21/h8-9H,1,3-7H2. The fourth-order valence-electron chi connectivity index (χ4n) is 2.26. The lowest BCUT2D eigenvalue weighted by atomic mass is 10.2. The van der Waals surface area contributed by atoms with Crippen LogP contribution in [0.4, 0.5) is 19.0 Å². The van der Waals surface area contributed by atoms with Gasteiger partial charge in [-0.3, -0.25) is 4.90 Å². The number of aromatic nitrogens is 1. The summed E-state index contributed by atoms with van der Waals surface area (Å²) in [5.41, 5.74) is -0.850. The van der Waals surface area contributed by atoms with E-state index in [0.29, 0.717) is 32.0 Å². The van der Waals surface area contributed by atoms with E-state index in [1.165, 1.54) is 0 Å². The average Bonchev–Trinajstić information content (AvgIpc) is 2.64. The van der Waals surface area contributed by atoms with Gasteiger partial charge in [0.25, 0.3) is 0 Å². The maximum atomic E-state index is 12.6. The second-order valence-corrected chi connectivity index (χ2v) is 5.21. The largest absolute Gasteiger partial charge is 0.417 e. The molecular weight excluding hydrogens is 305 g/mol. The van der Waals surface area contributed by atoms with Gasteiger partial charge in [-0.25, -0.2) is 4.98 Å². The van der Waals surface area contributed by atoms with E-state index in [2.05, 4.69) is 11.1 Å². The zero-order valence-corrected chi connectivity index (χ0v) is 12.0. The van der Waals surface area contributed by atoms with Crippen molar-refractivity contribution in [2.75, 3.05) is 37.6 Å². The quantitative estimate of drug-likeness (QED) is 0.787. The van der Waals surface area contributed by atoms with Crippen LogP contribution in [0, 0.1) is 11.3 Å². The van der Waals surface area contributed by atoms with E-state index < -0.39 is 11.7 Å². The number of pyridine rings is 1. The maximum Gasteiger partial charge on any atom is 0.417 e. The van der Waals surface area contributed by atoms with Gasteiger partial charge >= 0.3 is 6.18 Å². The zero-order valence-electron chi connectivity index (χ0n) is 11.2. The van der Waals surface area contributed by atoms with E-state index in [-0.39, 0.29) is 5.02 Å². The van der Waals surface area contributed by atoms with Crippen molar-refractivity contribution in [3.05, 3.63) is 22.8 Å². The molecule has 114 valence electrons. The van der Waals surface area contributed by atoms with Crippen LogP contribution in [0.3, 0.4) is 0 Å². The molecule has 21 heavy (non-hydrogen) atoms. The van der Waals surface area contributed by atoms with Crippen LogP contribution in [0.1, 0.15) is 12.0 Å². The average molecular weight is 319 g/mol. The summed E-state index contributed by atoms with van der Waals surface area (Å²) in [5.74, 6) is 0.364. The molecule has 4 nitrogen and oxygen atoms in total. The molecule has 0 N–H and O–H groups in total. The molecule has 0 saturated carbocycles. The lowest BCUT2D eigenvalue weighted by Gasteiger charge is -2.23. The van der Waals surface area contributed by atoms with Gasteiger partial charge < -0.3 is 4.90 Å². The molecule has 0 amide bonds. The molecule has 0 bridgehead atoms. The van der Waals surface area contributed by atoms with E-state index >= 15 is 0 Å². The minimum absolute atomic E-state index is 0.00134. The Kier molecular flexibility index (Phi) is 4.91. The van der Waals surface area contributed by atoms with E-state index in [1.54, 1.807) is 0 Å². The summed E-state index contributed by atoms with van der Waals surface area (Å²) in [5, 5.41) is 8.70. The van der Waals surface area contributed by atoms with Gasteiger partial charge in [-0.2, -0.15) is 18.4 Å². The first-order chi connectivity index (χ1) is 9.91. The SMILES string of the molecule is N#CCN1CCCN(c2ncc(C(F)(F)F)cc2Cl)CC1. The molecule has 1 saturated heterocycles. The van der Waals surface area contributed by atoms with E-state index in [4.69, 9.17) is 16.9 Å². The van der Waals surface area contributed by atoms with Crippen molar-refractivity contribution in [1.82, 2.24) is 9.88 Å². The molecule has 0 radical (unpaired) electrons. The predicted octanol–water partition coefficient (Wildman–Crippen LogP) is 2.79. The summed E-state index contributed by atoms with van der Waals surface area (Å²) in [4.78, 5) is 7.73. The second kappa shape index (κ2) is 6.50. The number of hydrogen-bond donors (Lipinski definition) is 0. The highest BCUT2D eigenvalue weighted by Crippen LogP contribution is 2.33. The number of halogens is 4. The molecule has 1 aliphatic heterocycles. The first-order valence-corrected chi connectivity index (χ1v) is 6.86. The molecule has 0 spiro atoms. The van der Waals surface area contributed by atoms with Gasteiger partial charge in [0, 0.05) is 32.4 Å². The van der Waals surface area contributed by atoms with E-state index in [0.717, 1.165) is 25.2 Å². The summed E-state index contributed by atoms with van der Waals surface area (Å²) in [7, 11) is 0. The van der Waals surface area contributed by atoms with Crippen molar-refractivity contribution >= 4 is 17.4 Å². The third-order valence-corrected chi connectivity index (χ3v) is 3.61. The number of rotatable bonds is 2.